The fourth-order valence-corrected chi connectivity index (χ4v) is 6.65. The summed E-state index contributed by atoms with van der Waals surface area (Å²) < 4.78 is 0. The van der Waals surface area contributed by atoms with Gasteiger partial charge >= 0.3 is 0 Å². The van der Waals surface area contributed by atoms with Gasteiger partial charge in [-0.3, -0.25) is 9.98 Å². The monoisotopic (exact) mass is 546 g/mol. The van der Waals surface area contributed by atoms with Crippen LogP contribution in [0.15, 0.2) is 58.5 Å². The number of rotatable bonds is 10. The lowest BCUT2D eigenvalue weighted by atomic mass is 9.93. The van der Waals surface area contributed by atoms with E-state index in [4.69, 9.17) is 9.98 Å². The first-order valence-corrected chi connectivity index (χ1v) is 21.6. The van der Waals surface area contributed by atoms with E-state index >= 15 is 0 Å². The van der Waals surface area contributed by atoms with Crippen LogP contribution in [0.25, 0.3) is 0 Å². The summed E-state index contributed by atoms with van der Waals surface area (Å²) in [5.41, 5.74) is 7.72. The first-order chi connectivity index (χ1) is 17.4. The van der Waals surface area contributed by atoms with Crippen LogP contribution in [-0.2, 0) is 0 Å². The quantitative estimate of drug-likeness (QED) is 0.209. The molecule has 0 spiro atoms. The van der Waals surface area contributed by atoms with Crippen LogP contribution >= 0.6 is 0 Å². The standard InChI is InChI=1S/C34H54N2Si2/c1-23(2)27-17-15-18-28(24(3)4)33(27)35-31(37(9,10)11)21-22-32(38(12,13)14)36-34-29(25(5)6)19-16-20-30(34)26(7)8/h15-26H,1-14H3/b22-21+,35-31?,36-32?. The minimum atomic E-state index is -1.74. The summed E-state index contributed by atoms with van der Waals surface area (Å²) in [6, 6.07) is 13.4. The molecule has 38 heavy (non-hydrogen) atoms. The van der Waals surface area contributed by atoms with Crippen molar-refractivity contribution in [2.45, 2.75) is 118 Å². The Balaban J connectivity index is 2.81. The smallest absolute Gasteiger partial charge is 0.101 e. The molecule has 0 aliphatic carbocycles. The SMILES string of the molecule is CC(C)c1cccc(C(C)C)c1N=C(/C=C/C(=Nc1c(C(C)C)cccc1C(C)C)[Si](C)(C)C)[Si](C)(C)C. The van der Waals surface area contributed by atoms with Crippen molar-refractivity contribution in [3.63, 3.8) is 0 Å². The van der Waals surface area contributed by atoms with E-state index in [0.29, 0.717) is 23.7 Å². The molecule has 208 valence electrons. The van der Waals surface area contributed by atoms with Gasteiger partial charge in [0, 0.05) is 10.7 Å². The van der Waals surface area contributed by atoms with E-state index in [1.165, 1.54) is 44.3 Å². The molecule has 0 N–H and O–H groups in total. The van der Waals surface area contributed by atoms with Crippen LogP contribution in [0.2, 0.25) is 39.3 Å². The zero-order chi connectivity index (χ0) is 29.0. The van der Waals surface area contributed by atoms with Crippen molar-refractivity contribution in [3.8, 4) is 0 Å². The second-order valence-electron chi connectivity index (χ2n) is 14.0. The lowest BCUT2D eigenvalue weighted by Crippen LogP contribution is -2.34. The van der Waals surface area contributed by atoms with Crippen molar-refractivity contribution in [1.82, 2.24) is 0 Å². The Morgan fingerprint density at radius 1 is 0.500 bits per heavy atom. The number of para-hydroxylation sites is 2. The summed E-state index contributed by atoms with van der Waals surface area (Å²) in [5.74, 6) is 1.72. The molecule has 2 rings (SSSR count). The molecule has 0 aliphatic rings. The van der Waals surface area contributed by atoms with E-state index in [1.54, 1.807) is 0 Å². The molecule has 0 saturated heterocycles. The van der Waals surface area contributed by atoms with Gasteiger partial charge in [-0.2, -0.15) is 0 Å². The van der Waals surface area contributed by atoms with E-state index in [9.17, 15) is 0 Å². The molecule has 0 unspecified atom stereocenters. The molecule has 0 aromatic heterocycles. The Bertz CT molecular complexity index is 1040. The molecule has 2 aromatic carbocycles. The molecule has 0 radical (unpaired) electrons. The van der Waals surface area contributed by atoms with E-state index in [2.05, 4.69) is 143 Å². The second kappa shape index (κ2) is 12.9. The molecule has 0 saturated carbocycles. The van der Waals surface area contributed by atoms with Gasteiger partial charge in [-0.15, -0.1) is 0 Å². The Morgan fingerprint density at radius 3 is 0.921 bits per heavy atom. The first kappa shape index (κ1) is 32.2. The van der Waals surface area contributed by atoms with Gasteiger partial charge in [0.1, 0.15) is 16.1 Å². The van der Waals surface area contributed by atoms with E-state index in [-0.39, 0.29) is 0 Å². The summed E-state index contributed by atoms with van der Waals surface area (Å²) in [4.78, 5) is 11.0. The number of allylic oxidation sites excluding steroid dienone is 2. The summed E-state index contributed by atoms with van der Waals surface area (Å²) in [7, 11) is -3.47. The fraction of sp³-hybridized carbons (Fsp3) is 0.529. The van der Waals surface area contributed by atoms with Crippen molar-refractivity contribution in [2.24, 2.45) is 9.98 Å². The lowest BCUT2D eigenvalue weighted by molar-refractivity contribution is 0.834. The van der Waals surface area contributed by atoms with Crippen LogP contribution in [0.1, 0.15) is 101 Å². The van der Waals surface area contributed by atoms with E-state index < -0.39 is 16.1 Å². The maximum Gasteiger partial charge on any atom is 0.101 e. The van der Waals surface area contributed by atoms with Crippen LogP contribution in [-0.4, -0.2) is 26.8 Å². The van der Waals surface area contributed by atoms with Gasteiger partial charge in [-0.25, -0.2) is 0 Å². The summed E-state index contributed by atoms with van der Waals surface area (Å²) in [5, 5.41) is 2.47. The highest BCUT2D eigenvalue weighted by atomic mass is 28.3. The molecule has 0 fully saturated rings. The number of hydrogen-bond donors (Lipinski definition) is 0. The zero-order valence-electron chi connectivity index (χ0n) is 26.8. The van der Waals surface area contributed by atoms with Gasteiger partial charge in [-0.1, -0.05) is 131 Å². The molecule has 2 nitrogen and oxygen atoms in total. The number of hydrogen-bond acceptors (Lipinski definition) is 2. The van der Waals surface area contributed by atoms with Crippen LogP contribution in [0.4, 0.5) is 11.4 Å². The van der Waals surface area contributed by atoms with Crippen LogP contribution in [0, 0.1) is 0 Å². The second-order valence-corrected chi connectivity index (χ2v) is 24.0. The van der Waals surface area contributed by atoms with Gasteiger partial charge < -0.3 is 0 Å². The number of benzene rings is 2. The van der Waals surface area contributed by atoms with Crippen molar-refractivity contribution in [2.75, 3.05) is 0 Å². The Kier molecular flexibility index (Phi) is 10.9. The van der Waals surface area contributed by atoms with Gasteiger partial charge in [0.25, 0.3) is 0 Å². The molecule has 0 atom stereocenters. The molecule has 2 aromatic rings. The molecular weight excluding hydrogens is 493 g/mol. The van der Waals surface area contributed by atoms with E-state index in [0.717, 1.165) is 0 Å². The number of nitrogens with zero attached hydrogens (tertiary/aromatic N) is 2. The minimum Gasteiger partial charge on any atom is -0.258 e. The molecular formula is C34H54N2Si2. The highest BCUT2D eigenvalue weighted by Gasteiger charge is 2.25. The lowest BCUT2D eigenvalue weighted by Gasteiger charge is -2.23. The normalized spacial score (nSPS) is 14.2. The minimum absolute atomic E-state index is 0.431. The summed E-state index contributed by atoms with van der Waals surface area (Å²) in [6.45, 7) is 32.6. The third-order valence-corrected chi connectivity index (χ3v) is 10.7. The van der Waals surface area contributed by atoms with Gasteiger partial charge in [-0.05, 0) is 58.1 Å². The Labute approximate surface area is 236 Å². The van der Waals surface area contributed by atoms with Gasteiger partial charge in [0.2, 0.25) is 0 Å². The first-order valence-electron chi connectivity index (χ1n) is 14.6. The Morgan fingerprint density at radius 2 is 0.737 bits per heavy atom. The topological polar surface area (TPSA) is 24.7 Å². The highest BCUT2D eigenvalue weighted by Crippen LogP contribution is 2.37. The largest absolute Gasteiger partial charge is 0.258 e. The molecule has 0 aliphatic heterocycles. The predicted molar refractivity (Wildman–Crippen MR) is 179 cm³/mol. The van der Waals surface area contributed by atoms with Crippen LogP contribution in [0.5, 0.6) is 0 Å². The third kappa shape index (κ3) is 8.23. The zero-order valence-corrected chi connectivity index (χ0v) is 28.8. The van der Waals surface area contributed by atoms with Crippen LogP contribution in [0.3, 0.4) is 0 Å². The molecule has 4 heteroatoms. The molecule has 0 bridgehead atoms. The maximum absolute atomic E-state index is 5.48. The van der Waals surface area contributed by atoms with Crippen molar-refractivity contribution >= 4 is 38.2 Å². The van der Waals surface area contributed by atoms with Crippen molar-refractivity contribution < 1.29 is 0 Å². The Hall–Kier alpha value is -2.05. The fourth-order valence-electron chi connectivity index (χ4n) is 4.59. The van der Waals surface area contributed by atoms with Gasteiger partial charge in [0.15, 0.2) is 0 Å². The van der Waals surface area contributed by atoms with E-state index in [1.807, 2.05) is 0 Å². The average Bonchev–Trinajstić information content (AvgIpc) is 2.78. The van der Waals surface area contributed by atoms with Crippen LogP contribution < -0.4 is 0 Å². The highest BCUT2D eigenvalue weighted by molar-refractivity contribution is 7.07. The summed E-state index contributed by atoms with van der Waals surface area (Å²) in [6.07, 6.45) is 4.63. The van der Waals surface area contributed by atoms with Crippen molar-refractivity contribution in [3.05, 3.63) is 70.8 Å². The maximum atomic E-state index is 5.48. The summed E-state index contributed by atoms with van der Waals surface area (Å²) >= 11 is 0. The predicted octanol–water partition coefficient (Wildman–Crippen LogP) is 11.3. The van der Waals surface area contributed by atoms with Gasteiger partial charge in [0.05, 0.1) is 11.4 Å². The third-order valence-electron chi connectivity index (χ3n) is 7.09. The molecule has 0 heterocycles. The number of aliphatic imine (C=N–C) groups is 2. The van der Waals surface area contributed by atoms with Crippen molar-refractivity contribution in [1.29, 1.82) is 0 Å². The molecule has 0 amide bonds. The average molecular weight is 547 g/mol.